The molecule has 0 saturated carbocycles. The van der Waals surface area contributed by atoms with Crippen LogP contribution in [0.4, 0.5) is 0 Å². The summed E-state index contributed by atoms with van der Waals surface area (Å²) in [5.41, 5.74) is 1.26. The molecule has 4 nitrogen and oxygen atoms in total. The maximum absolute atomic E-state index is 10.0. The van der Waals surface area contributed by atoms with Crippen molar-refractivity contribution in [3.8, 4) is 11.5 Å². The summed E-state index contributed by atoms with van der Waals surface area (Å²) in [6, 6.07) is 17.9. The fourth-order valence-electron chi connectivity index (χ4n) is 2.19. The van der Waals surface area contributed by atoms with Gasteiger partial charge in [-0.25, -0.2) is 0 Å². The highest BCUT2D eigenvalue weighted by Crippen LogP contribution is 2.17. The van der Waals surface area contributed by atoms with Crippen LogP contribution in [0, 0.1) is 0 Å². The SMILES string of the molecule is COc1ccc(OC[C@H](O)C[NH2+][C@H](C)c2ccccc2)cc1. The lowest BCUT2D eigenvalue weighted by atomic mass is 10.1. The zero-order valence-electron chi connectivity index (χ0n) is 13.1. The van der Waals surface area contributed by atoms with E-state index in [4.69, 9.17) is 9.47 Å². The second kappa shape index (κ2) is 8.41. The summed E-state index contributed by atoms with van der Waals surface area (Å²) in [5, 5.41) is 12.1. The van der Waals surface area contributed by atoms with Gasteiger partial charge in [-0.05, 0) is 31.2 Å². The summed E-state index contributed by atoms with van der Waals surface area (Å²) >= 11 is 0. The van der Waals surface area contributed by atoms with E-state index in [1.54, 1.807) is 7.11 Å². The Labute approximate surface area is 131 Å². The Morgan fingerprint density at radius 3 is 2.27 bits per heavy atom. The quantitative estimate of drug-likeness (QED) is 0.781. The number of rotatable bonds is 8. The molecule has 0 aliphatic carbocycles. The predicted octanol–water partition coefficient (Wildman–Crippen LogP) is 1.76. The van der Waals surface area contributed by atoms with Gasteiger partial charge in [-0.1, -0.05) is 30.3 Å². The molecule has 0 unspecified atom stereocenters. The molecule has 0 fully saturated rings. The van der Waals surface area contributed by atoms with E-state index >= 15 is 0 Å². The van der Waals surface area contributed by atoms with E-state index in [0.717, 1.165) is 11.5 Å². The number of nitrogens with two attached hydrogens (primary N) is 1. The maximum Gasteiger partial charge on any atom is 0.137 e. The Hall–Kier alpha value is -2.04. The minimum absolute atomic E-state index is 0.282. The van der Waals surface area contributed by atoms with Crippen molar-refractivity contribution >= 4 is 0 Å². The first-order valence-electron chi connectivity index (χ1n) is 7.52. The highest BCUT2D eigenvalue weighted by atomic mass is 16.5. The molecule has 2 atom stereocenters. The first-order valence-corrected chi connectivity index (χ1v) is 7.52. The summed E-state index contributed by atoms with van der Waals surface area (Å²) in [4.78, 5) is 0. The molecule has 22 heavy (non-hydrogen) atoms. The molecule has 118 valence electrons. The minimum Gasteiger partial charge on any atom is -0.497 e. The summed E-state index contributed by atoms with van der Waals surface area (Å²) in [7, 11) is 1.63. The smallest absolute Gasteiger partial charge is 0.137 e. The van der Waals surface area contributed by atoms with E-state index in [2.05, 4.69) is 24.4 Å². The molecule has 0 aliphatic heterocycles. The molecular formula is C18H24NO3+. The zero-order valence-corrected chi connectivity index (χ0v) is 13.1. The van der Waals surface area contributed by atoms with Crippen molar-refractivity contribution < 1.29 is 19.9 Å². The van der Waals surface area contributed by atoms with Crippen molar-refractivity contribution in [1.29, 1.82) is 0 Å². The van der Waals surface area contributed by atoms with Gasteiger partial charge >= 0.3 is 0 Å². The van der Waals surface area contributed by atoms with Crippen LogP contribution in [-0.2, 0) is 0 Å². The molecule has 0 aliphatic rings. The highest BCUT2D eigenvalue weighted by Gasteiger charge is 2.12. The number of ether oxygens (including phenoxy) is 2. The van der Waals surface area contributed by atoms with Crippen molar-refractivity contribution in [3.05, 3.63) is 60.2 Å². The Morgan fingerprint density at radius 1 is 1.00 bits per heavy atom. The van der Waals surface area contributed by atoms with Crippen LogP contribution in [0.1, 0.15) is 18.5 Å². The molecule has 2 aromatic rings. The van der Waals surface area contributed by atoms with Gasteiger partial charge in [-0.15, -0.1) is 0 Å². The molecule has 2 aromatic carbocycles. The second-order valence-electron chi connectivity index (χ2n) is 5.31. The van der Waals surface area contributed by atoms with Crippen LogP contribution in [0.2, 0.25) is 0 Å². The monoisotopic (exact) mass is 302 g/mol. The lowest BCUT2D eigenvalue weighted by Gasteiger charge is -2.15. The van der Waals surface area contributed by atoms with Crippen molar-refractivity contribution in [2.75, 3.05) is 20.3 Å². The van der Waals surface area contributed by atoms with Crippen LogP contribution in [0.25, 0.3) is 0 Å². The Bertz CT molecular complexity index is 542. The number of quaternary nitrogens is 1. The topological polar surface area (TPSA) is 55.3 Å². The number of hydrogen-bond acceptors (Lipinski definition) is 3. The fraction of sp³-hybridized carbons (Fsp3) is 0.333. The van der Waals surface area contributed by atoms with Crippen LogP contribution in [0.15, 0.2) is 54.6 Å². The molecule has 0 heterocycles. The van der Waals surface area contributed by atoms with Gasteiger partial charge in [0.2, 0.25) is 0 Å². The van der Waals surface area contributed by atoms with Crippen LogP contribution in [-0.4, -0.2) is 31.5 Å². The van der Waals surface area contributed by atoms with Gasteiger partial charge in [0.05, 0.1) is 7.11 Å². The van der Waals surface area contributed by atoms with E-state index in [9.17, 15) is 5.11 Å². The molecule has 0 bridgehead atoms. The maximum atomic E-state index is 10.0. The number of benzene rings is 2. The zero-order chi connectivity index (χ0) is 15.8. The summed E-state index contributed by atoms with van der Waals surface area (Å²) in [6.45, 7) is 3.02. The number of aliphatic hydroxyl groups excluding tert-OH is 1. The predicted molar refractivity (Wildman–Crippen MR) is 86.1 cm³/mol. The molecule has 0 radical (unpaired) electrons. The average molecular weight is 302 g/mol. The van der Waals surface area contributed by atoms with E-state index in [1.165, 1.54) is 5.56 Å². The number of hydrogen-bond donors (Lipinski definition) is 2. The van der Waals surface area contributed by atoms with Gasteiger partial charge < -0.3 is 19.9 Å². The number of methoxy groups -OCH3 is 1. The molecule has 2 rings (SSSR count). The third-order valence-corrected chi connectivity index (χ3v) is 3.59. The van der Waals surface area contributed by atoms with Crippen molar-refractivity contribution in [2.24, 2.45) is 0 Å². The first-order chi connectivity index (χ1) is 10.7. The summed E-state index contributed by atoms with van der Waals surface area (Å²) in [6.07, 6.45) is -0.506. The van der Waals surface area contributed by atoms with Crippen LogP contribution >= 0.6 is 0 Å². The fourth-order valence-corrected chi connectivity index (χ4v) is 2.19. The second-order valence-corrected chi connectivity index (χ2v) is 5.31. The van der Waals surface area contributed by atoms with Crippen molar-refractivity contribution in [3.63, 3.8) is 0 Å². The highest BCUT2D eigenvalue weighted by molar-refractivity contribution is 5.31. The van der Waals surface area contributed by atoms with Crippen molar-refractivity contribution in [2.45, 2.75) is 19.1 Å². The summed E-state index contributed by atoms with van der Waals surface area (Å²) in [5.74, 6) is 1.52. The molecule has 3 N–H and O–H groups in total. The van der Waals surface area contributed by atoms with E-state index in [-0.39, 0.29) is 6.61 Å². The lowest BCUT2D eigenvalue weighted by Crippen LogP contribution is -2.87. The molecule has 0 aromatic heterocycles. The normalized spacial score (nSPS) is 13.4. The van der Waals surface area contributed by atoms with Gasteiger partial charge in [-0.3, -0.25) is 0 Å². The third kappa shape index (κ3) is 5.06. The van der Waals surface area contributed by atoms with Gasteiger partial charge in [-0.2, -0.15) is 0 Å². The molecule has 0 saturated heterocycles. The lowest BCUT2D eigenvalue weighted by molar-refractivity contribution is -0.698. The molecule has 0 spiro atoms. The minimum atomic E-state index is -0.506. The van der Waals surface area contributed by atoms with E-state index in [0.29, 0.717) is 12.6 Å². The van der Waals surface area contributed by atoms with Crippen LogP contribution < -0.4 is 14.8 Å². The first kappa shape index (κ1) is 16.3. The Balaban J connectivity index is 1.72. The van der Waals surface area contributed by atoms with Gasteiger partial charge in [0.1, 0.15) is 36.8 Å². The van der Waals surface area contributed by atoms with Gasteiger partial charge in [0.15, 0.2) is 0 Å². The van der Waals surface area contributed by atoms with E-state index in [1.807, 2.05) is 42.5 Å². The van der Waals surface area contributed by atoms with E-state index < -0.39 is 6.10 Å². The Morgan fingerprint density at radius 2 is 1.64 bits per heavy atom. The molecule has 0 amide bonds. The Kier molecular flexibility index (Phi) is 6.25. The summed E-state index contributed by atoms with van der Waals surface area (Å²) < 4.78 is 10.7. The largest absolute Gasteiger partial charge is 0.497 e. The van der Waals surface area contributed by atoms with Crippen LogP contribution in [0.3, 0.4) is 0 Å². The molecule has 4 heteroatoms. The number of aliphatic hydroxyl groups is 1. The molecular weight excluding hydrogens is 278 g/mol. The standard InChI is InChI=1S/C18H23NO3/c1-14(15-6-4-3-5-7-15)19-12-16(20)13-22-18-10-8-17(21-2)9-11-18/h3-11,14,16,19-20H,12-13H2,1-2H3/p+1/t14-,16-/m1/s1. The average Bonchev–Trinajstić information content (AvgIpc) is 2.59. The van der Waals surface area contributed by atoms with Gasteiger partial charge in [0, 0.05) is 5.56 Å². The third-order valence-electron chi connectivity index (χ3n) is 3.59. The van der Waals surface area contributed by atoms with Crippen molar-refractivity contribution in [1.82, 2.24) is 0 Å². The van der Waals surface area contributed by atoms with Crippen LogP contribution in [0.5, 0.6) is 11.5 Å². The van der Waals surface area contributed by atoms with Gasteiger partial charge in [0.25, 0.3) is 0 Å².